The van der Waals surface area contributed by atoms with Gasteiger partial charge in [0.05, 0.1) is 29.1 Å². The van der Waals surface area contributed by atoms with Crippen molar-refractivity contribution in [3.63, 3.8) is 0 Å². The van der Waals surface area contributed by atoms with E-state index in [2.05, 4.69) is 42.6 Å². The maximum Gasteiger partial charge on any atom is 0.227 e. The number of hydrogen-bond donors (Lipinski definition) is 3. The van der Waals surface area contributed by atoms with Crippen molar-refractivity contribution >= 4 is 44.9 Å². The number of nitrogens with one attached hydrogen (secondary N) is 3. The third kappa shape index (κ3) is 3.56. The fraction of sp³-hybridized carbons (Fsp3) is 0.148. The van der Waals surface area contributed by atoms with Crippen LogP contribution in [0, 0.1) is 5.92 Å². The van der Waals surface area contributed by atoms with E-state index in [-0.39, 0.29) is 11.8 Å². The number of rotatable bonds is 5. The summed E-state index contributed by atoms with van der Waals surface area (Å²) >= 11 is 1.66. The van der Waals surface area contributed by atoms with Gasteiger partial charge in [-0.3, -0.25) is 19.9 Å². The number of nitrogens with zero attached hydrogens (tertiary/aromatic N) is 4. The van der Waals surface area contributed by atoms with Crippen LogP contribution < -0.4 is 5.32 Å². The predicted octanol–water partition coefficient (Wildman–Crippen LogP) is 6.03. The van der Waals surface area contributed by atoms with Gasteiger partial charge in [0.2, 0.25) is 5.91 Å². The van der Waals surface area contributed by atoms with E-state index in [4.69, 9.17) is 4.98 Å². The zero-order valence-corrected chi connectivity index (χ0v) is 20.0. The first-order chi connectivity index (χ1) is 17.7. The maximum absolute atomic E-state index is 12.4. The fourth-order valence-electron chi connectivity index (χ4n) is 4.61. The lowest BCUT2D eigenvalue weighted by Gasteiger charge is -2.24. The molecule has 0 atom stereocenters. The first-order valence-corrected chi connectivity index (χ1v) is 12.7. The number of benzene rings is 1. The van der Waals surface area contributed by atoms with E-state index >= 15 is 0 Å². The second kappa shape index (κ2) is 8.39. The third-order valence-electron chi connectivity index (χ3n) is 6.78. The van der Waals surface area contributed by atoms with Gasteiger partial charge < -0.3 is 10.3 Å². The molecule has 0 unspecified atom stereocenters. The summed E-state index contributed by atoms with van der Waals surface area (Å²) in [6, 6.07) is 12.2. The molecule has 8 nitrogen and oxygen atoms in total. The minimum Gasteiger partial charge on any atom is -0.335 e. The Bertz CT molecular complexity index is 1730. The Morgan fingerprint density at radius 2 is 1.92 bits per heavy atom. The molecular formula is C27H21N7OS. The number of imidazole rings is 1. The summed E-state index contributed by atoms with van der Waals surface area (Å²) in [6.07, 6.45) is 10.2. The normalized spacial score (nSPS) is 13.8. The minimum absolute atomic E-state index is 0.0778. The van der Waals surface area contributed by atoms with Crippen molar-refractivity contribution in [1.82, 2.24) is 30.1 Å². The van der Waals surface area contributed by atoms with E-state index < -0.39 is 0 Å². The molecule has 7 rings (SSSR count). The molecule has 1 aliphatic carbocycles. The van der Waals surface area contributed by atoms with Crippen molar-refractivity contribution in [3.8, 4) is 33.1 Å². The summed E-state index contributed by atoms with van der Waals surface area (Å²) in [5, 5.41) is 13.7. The number of hydrogen-bond acceptors (Lipinski definition) is 6. The molecule has 1 aromatic carbocycles. The molecule has 36 heavy (non-hydrogen) atoms. The van der Waals surface area contributed by atoms with Crippen LogP contribution in [0.3, 0.4) is 0 Å². The van der Waals surface area contributed by atoms with Gasteiger partial charge in [0, 0.05) is 39.7 Å². The summed E-state index contributed by atoms with van der Waals surface area (Å²) in [5.74, 6) is 0.880. The zero-order chi connectivity index (χ0) is 24.1. The van der Waals surface area contributed by atoms with E-state index in [1.807, 2.05) is 35.8 Å². The lowest BCUT2D eigenvalue weighted by molar-refractivity contribution is -0.122. The van der Waals surface area contributed by atoms with Gasteiger partial charge in [0.15, 0.2) is 5.82 Å². The van der Waals surface area contributed by atoms with Gasteiger partial charge >= 0.3 is 0 Å². The van der Waals surface area contributed by atoms with Gasteiger partial charge in [-0.15, -0.1) is 11.3 Å². The Morgan fingerprint density at radius 3 is 2.75 bits per heavy atom. The van der Waals surface area contributed by atoms with Crippen molar-refractivity contribution < 1.29 is 4.79 Å². The molecule has 0 aliphatic heterocycles. The van der Waals surface area contributed by atoms with E-state index in [0.29, 0.717) is 11.5 Å². The van der Waals surface area contributed by atoms with Crippen LogP contribution in [-0.2, 0) is 4.79 Å². The van der Waals surface area contributed by atoms with Crippen molar-refractivity contribution in [2.45, 2.75) is 19.3 Å². The number of fused-ring (bicyclic) bond motifs is 2. The zero-order valence-electron chi connectivity index (χ0n) is 19.2. The third-order valence-corrected chi connectivity index (χ3v) is 7.69. The number of carbonyl (C=O) groups is 1. The fourth-order valence-corrected chi connectivity index (χ4v) is 5.35. The van der Waals surface area contributed by atoms with Crippen molar-refractivity contribution in [2.75, 3.05) is 5.32 Å². The van der Waals surface area contributed by atoms with Crippen LogP contribution in [0.4, 0.5) is 5.69 Å². The molecule has 3 N–H and O–H groups in total. The van der Waals surface area contributed by atoms with Crippen molar-refractivity contribution in [1.29, 1.82) is 0 Å². The highest BCUT2D eigenvalue weighted by Gasteiger charge is 2.25. The summed E-state index contributed by atoms with van der Waals surface area (Å²) in [5.41, 5.74) is 6.99. The molecule has 0 saturated heterocycles. The maximum atomic E-state index is 12.4. The van der Waals surface area contributed by atoms with E-state index in [9.17, 15) is 4.79 Å². The number of aromatic nitrogens is 6. The van der Waals surface area contributed by atoms with Crippen LogP contribution in [0.25, 0.3) is 55.0 Å². The first-order valence-electron chi connectivity index (χ1n) is 11.9. The highest BCUT2D eigenvalue weighted by Crippen LogP contribution is 2.34. The van der Waals surface area contributed by atoms with Crippen LogP contribution in [0.1, 0.15) is 19.3 Å². The summed E-state index contributed by atoms with van der Waals surface area (Å²) in [7, 11) is 0. The SMILES string of the molecule is O=C(Nc1cncc(-c2ccc3[nH]nc(-c4nc5c(-c6cccs6)cncc5[nH]4)c3c2)c1)C1CCC1. The molecule has 1 saturated carbocycles. The van der Waals surface area contributed by atoms with E-state index in [1.54, 1.807) is 29.9 Å². The molecule has 5 heterocycles. The largest absolute Gasteiger partial charge is 0.335 e. The summed E-state index contributed by atoms with van der Waals surface area (Å²) in [6.45, 7) is 0. The number of aromatic amines is 2. The lowest BCUT2D eigenvalue weighted by Crippen LogP contribution is -2.28. The van der Waals surface area contributed by atoms with Gasteiger partial charge in [-0.25, -0.2) is 4.98 Å². The van der Waals surface area contributed by atoms with Crippen LogP contribution in [0.2, 0.25) is 0 Å². The molecule has 176 valence electrons. The molecule has 9 heteroatoms. The average Bonchev–Trinajstić information content (AvgIpc) is 3.61. The van der Waals surface area contributed by atoms with E-state index in [0.717, 1.165) is 68.5 Å². The molecule has 0 spiro atoms. The van der Waals surface area contributed by atoms with Crippen LogP contribution in [0.5, 0.6) is 0 Å². The number of thiophene rings is 1. The van der Waals surface area contributed by atoms with Crippen LogP contribution in [-0.4, -0.2) is 36.0 Å². The van der Waals surface area contributed by atoms with Crippen LogP contribution in [0.15, 0.2) is 66.6 Å². The molecule has 5 aromatic heterocycles. The monoisotopic (exact) mass is 491 g/mol. The Morgan fingerprint density at radius 1 is 1.00 bits per heavy atom. The summed E-state index contributed by atoms with van der Waals surface area (Å²) < 4.78 is 0. The highest BCUT2D eigenvalue weighted by atomic mass is 32.1. The second-order valence-electron chi connectivity index (χ2n) is 9.06. The molecule has 1 amide bonds. The molecule has 1 fully saturated rings. The van der Waals surface area contributed by atoms with Gasteiger partial charge in [0.1, 0.15) is 11.2 Å². The molecule has 0 radical (unpaired) electrons. The Kier molecular flexibility index (Phi) is 4.88. The smallest absolute Gasteiger partial charge is 0.227 e. The van der Waals surface area contributed by atoms with Gasteiger partial charge in [-0.2, -0.15) is 5.10 Å². The number of carbonyl (C=O) groups excluding carboxylic acids is 1. The standard InChI is InChI=1S/C27H21N7OS/c35-27(15-3-1-4-15)30-18-9-17(11-28-12-18)16-6-7-21-19(10-16)25(34-33-21)26-31-22-14-29-13-20(24(22)32-26)23-5-2-8-36-23/h2,5-15H,1,3-4H2,(H,30,35)(H,31,32)(H,33,34). The molecule has 1 aliphatic rings. The van der Waals surface area contributed by atoms with Crippen LogP contribution >= 0.6 is 11.3 Å². The van der Waals surface area contributed by atoms with Gasteiger partial charge in [0.25, 0.3) is 0 Å². The topological polar surface area (TPSA) is 112 Å². The molecular weight excluding hydrogens is 470 g/mol. The minimum atomic E-state index is 0.0778. The highest BCUT2D eigenvalue weighted by molar-refractivity contribution is 7.13. The molecule has 6 aromatic rings. The Balaban J connectivity index is 1.26. The van der Waals surface area contributed by atoms with Gasteiger partial charge in [-0.1, -0.05) is 18.6 Å². The first kappa shape index (κ1) is 21.0. The quantitative estimate of drug-likeness (QED) is 0.273. The Labute approximate surface area is 209 Å². The average molecular weight is 492 g/mol. The number of pyridine rings is 2. The number of anilines is 1. The molecule has 0 bridgehead atoms. The second-order valence-corrected chi connectivity index (χ2v) is 10.0. The number of amides is 1. The number of H-pyrrole nitrogens is 2. The van der Waals surface area contributed by atoms with Crippen molar-refractivity contribution in [3.05, 3.63) is 66.6 Å². The predicted molar refractivity (Wildman–Crippen MR) is 141 cm³/mol. The van der Waals surface area contributed by atoms with Gasteiger partial charge in [-0.05, 0) is 48.1 Å². The van der Waals surface area contributed by atoms with Crippen molar-refractivity contribution in [2.24, 2.45) is 5.92 Å². The summed E-state index contributed by atoms with van der Waals surface area (Å²) in [4.78, 5) is 30.6. The Hall–Kier alpha value is -4.37. The van der Waals surface area contributed by atoms with E-state index in [1.165, 1.54) is 0 Å². The lowest BCUT2D eigenvalue weighted by atomic mass is 9.85.